The molecule has 2 atom stereocenters. The van der Waals surface area contributed by atoms with Gasteiger partial charge in [-0.2, -0.15) is 0 Å². The number of benzene rings is 1. The zero-order valence-electron chi connectivity index (χ0n) is 12.6. The largest absolute Gasteiger partial charge is 0.508 e. The lowest BCUT2D eigenvalue weighted by Crippen LogP contribution is -2.32. The van der Waals surface area contributed by atoms with Crippen LogP contribution in [0.4, 0.5) is 0 Å². The average Bonchev–Trinajstić information content (AvgIpc) is 2.95. The molecule has 4 nitrogen and oxygen atoms in total. The lowest BCUT2D eigenvalue weighted by Gasteiger charge is -2.26. The SMILES string of the molecule is CC(NCC(c1cccs1)N(C)C)c1cc(O)ccc1O. The maximum Gasteiger partial charge on any atom is 0.120 e. The number of thiophene rings is 1. The monoisotopic (exact) mass is 306 g/mol. The van der Waals surface area contributed by atoms with Crippen molar-refractivity contribution >= 4 is 11.3 Å². The van der Waals surface area contributed by atoms with Crippen molar-refractivity contribution in [3.8, 4) is 11.5 Å². The Kier molecular flexibility index (Phi) is 5.22. The predicted octanol–water partition coefficient (Wildman–Crippen LogP) is 3.11. The Morgan fingerprint density at radius 1 is 1.24 bits per heavy atom. The van der Waals surface area contributed by atoms with Gasteiger partial charge in [-0.15, -0.1) is 11.3 Å². The summed E-state index contributed by atoms with van der Waals surface area (Å²) in [5.74, 6) is 0.365. The van der Waals surface area contributed by atoms with E-state index in [2.05, 4.69) is 41.8 Å². The smallest absolute Gasteiger partial charge is 0.120 e. The molecule has 5 heteroatoms. The highest BCUT2D eigenvalue weighted by atomic mass is 32.1. The maximum absolute atomic E-state index is 9.90. The molecule has 1 heterocycles. The molecule has 2 aromatic rings. The van der Waals surface area contributed by atoms with Gasteiger partial charge in [0, 0.05) is 23.0 Å². The van der Waals surface area contributed by atoms with E-state index in [0.717, 1.165) is 6.54 Å². The number of nitrogens with one attached hydrogen (secondary N) is 1. The topological polar surface area (TPSA) is 55.7 Å². The minimum Gasteiger partial charge on any atom is -0.508 e. The normalized spacial score (nSPS) is 14.3. The third kappa shape index (κ3) is 3.97. The van der Waals surface area contributed by atoms with E-state index in [9.17, 15) is 10.2 Å². The number of phenolic OH excluding ortho intramolecular Hbond substituents is 2. The van der Waals surface area contributed by atoms with Gasteiger partial charge in [0.15, 0.2) is 0 Å². The summed E-state index contributed by atoms with van der Waals surface area (Å²) in [6.07, 6.45) is 0. The Morgan fingerprint density at radius 3 is 2.62 bits per heavy atom. The Hall–Kier alpha value is -1.56. The molecule has 2 unspecified atom stereocenters. The van der Waals surface area contributed by atoms with Crippen molar-refractivity contribution in [3.63, 3.8) is 0 Å². The Morgan fingerprint density at radius 2 is 2.00 bits per heavy atom. The summed E-state index contributed by atoms with van der Waals surface area (Å²) in [5.41, 5.74) is 0.707. The zero-order valence-corrected chi connectivity index (χ0v) is 13.4. The summed E-state index contributed by atoms with van der Waals surface area (Å²) in [7, 11) is 4.12. The van der Waals surface area contributed by atoms with Gasteiger partial charge in [0.2, 0.25) is 0 Å². The molecule has 0 spiro atoms. The Bertz CT molecular complexity index is 570. The van der Waals surface area contributed by atoms with Gasteiger partial charge in [-0.05, 0) is 50.7 Å². The van der Waals surface area contributed by atoms with Gasteiger partial charge < -0.3 is 20.4 Å². The van der Waals surface area contributed by atoms with Gasteiger partial charge >= 0.3 is 0 Å². The fourth-order valence-electron chi connectivity index (χ4n) is 2.31. The number of likely N-dealkylation sites (N-methyl/N-ethyl adjacent to an activating group) is 1. The van der Waals surface area contributed by atoms with Crippen molar-refractivity contribution in [1.82, 2.24) is 10.2 Å². The first-order valence-corrected chi connectivity index (χ1v) is 7.82. The van der Waals surface area contributed by atoms with Crippen molar-refractivity contribution in [2.75, 3.05) is 20.6 Å². The zero-order chi connectivity index (χ0) is 15.4. The van der Waals surface area contributed by atoms with E-state index < -0.39 is 0 Å². The van der Waals surface area contributed by atoms with Crippen LogP contribution in [-0.4, -0.2) is 35.8 Å². The van der Waals surface area contributed by atoms with Crippen molar-refractivity contribution in [2.24, 2.45) is 0 Å². The molecule has 0 saturated heterocycles. The molecule has 1 aromatic carbocycles. The van der Waals surface area contributed by atoms with E-state index in [4.69, 9.17) is 0 Å². The first-order valence-electron chi connectivity index (χ1n) is 6.94. The quantitative estimate of drug-likeness (QED) is 0.718. The highest BCUT2D eigenvalue weighted by Crippen LogP contribution is 2.29. The van der Waals surface area contributed by atoms with Crippen LogP contribution in [0, 0.1) is 0 Å². The van der Waals surface area contributed by atoms with E-state index in [-0.39, 0.29) is 23.6 Å². The number of phenols is 2. The molecule has 0 aliphatic rings. The van der Waals surface area contributed by atoms with E-state index in [1.807, 2.05) is 6.92 Å². The second-order valence-corrected chi connectivity index (χ2v) is 6.35. The van der Waals surface area contributed by atoms with Crippen molar-refractivity contribution in [2.45, 2.75) is 19.0 Å². The van der Waals surface area contributed by atoms with Crippen LogP contribution in [0.5, 0.6) is 11.5 Å². The van der Waals surface area contributed by atoms with Crippen LogP contribution >= 0.6 is 11.3 Å². The lowest BCUT2D eigenvalue weighted by molar-refractivity contribution is 0.284. The maximum atomic E-state index is 9.90. The third-order valence-electron chi connectivity index (χ3n) is 3.59. The lowest BCUT2D eigenvalue weighted by atomic mass is 10.1. The minimum absolute atomic E-state index is 0.0421. The number of nitrogens with zero attached hydrogens (tertiary/aromatic N) is 1. The summed E-state index contributed by atoms with van der Waals surface area (Å²) in [6.45, 7) is 2.75. The molecule has 21 heavy (non-hydrogen) atoms. The van der Waals surface area contributed by atoms with Gasteiger partial charge in [0.1, 0.15) is 11.5 Å². The Labute approximate surface area is 129 Å². The first kappa shape index (κ1) is 15.8. The van der Waals surface area contributed by atoms with Crippen LogP contribution in [-0.2, 0) is 0 Å². The number of hydrogen-bond acceptors (Lipinski definition) is 5. The van der Waals surface area contributed by atoms with Crippen LogP contribution in [0.15, 0.2) is 35.7 Å². The Balaban J connectivity index is 2.05. The number of aromatic hydroxyl groups is 2. The molecule has 0 aliphatic carbocycles. The molecular formula is C16H22N2O2S. The van der Waals surface area contributed by atoms with E-state index in [0.29, 0.717) is 5.56 Å². The number of hydrogen-bond donors (Lipinski definition) is 3. The molecule has 0 radical (unpaired) electrons. The second kappa shape index (κ2) is 6.93. The van der Waals surface area contributed by atoms with Gasteiger partial charge in [0.25, 0.3) is 0 Å². The summed E-state index contributed by atoms with van der Waals surface area (Å²) in [6, 6.07) is 9.04. The van der Waals surface area contributed by atoms with Crippen LogP contribution in [0.2, 0.25) is 0 Å². The molecular weight excluding hydrogens is 284 g/mol. The van der Waals surface area contributed by atoms with Gasteiger partial charge in [-0.1, -0.05) is 6.07 Å². The summed E-state index contributed by atoms with van der Waals surface area (Å²) >= 11 is 1.74. The molecule has 114 valence electrons. The predicted molar refractivity (Wildman–Crippen MR) is 86.9 cm³/mol. The van der Waals surface area contributed by atoms with Gasteiger partial charge in [-0.3, -0.25) is 0 Å². The molecule has 0 amide bonds. The third-order valence-corrected chi connectivity index (χ3v) is 4.56. The highest BCUT2D eigenvalue weighted by Gasteiger charge is 2.17. The average molecular weight is 306 g/mol. The van der Waals surface area contributed by atoms with E-state index in [1.54, 1.807) is 17.4 Å². The summed E-state index contributed by atoms with van der Waals surface area (Å²) < 4.78 is 0. The first-order chi connectivity index (χ1) is 9.99. The summed E-state index contributed by atoms with van der Waals surface area (Å²) in [4.78, 5) is 3.48. The minimum atomic E-state index is -0.0421. The summed E-state index contributed by atoms with van der Waals surface area (Å²) in [5, 5.41) is 25.0. The van der Waals surface area contributed by atoms with Crippen LogP contribution < -0.4 is 5.32 Å². The van der Waals surface area contributed by atoms with Crippen LogP contribution in [0.1, 0.15) is 29.4 Å². The van der Waals surface area contributed by atoms with E-state index >= 15 is 0 Å². The van der Waals surface area contributed by atoms with E-state index in [1.165, 1.54) is 17.0 Å². The number of rotatable bonds is 6. The molecule has 0 bridgehead atoms. The van der Waals surface area contributed by atoms with Gasteiger partial charge in [0.05, 0.1) is 6.04 Å². The molecule has 1 aromatic heterocycles. The molecule has 3 N–H and O–H groups in total. The molecule has 0 fully saturated rings. The molecule has 0 aliphatic heterocycles. The second-order valence-electron chi connectivity index (χ2n) is 5.37. The van der Waals surface area contributed by atoms with Crippen LogP contribution in [0.3, 0.4) is 0 Å². The fraction of sp³-hybridized carbons (Fsp3) is 0.375. The van der Waals surface area contributed by atoms with Crippen molar-refractivity contribution in [3.05, 3.63) is 46.2 Å². The fourth-order valence-corrected chi connectivity index (χ4v) is 3.23. The van der Waals surface area contributed by atoms with Crippen molar-refractivity contribution < 1.29 is 10.2 Å². The standard InChI is InChI=1S/C16H22N2O2S/c1-11(13-9-12(19)6-7-15(13)20)17-10-14(18(2)3)16-5-4-8-21-16/h4-9,11,14,17,19-20H,10H2,1-3H3. The highest BCUT2D eigenvalue weighted by molar-refractivity contribution is 7.10. The van der Waals surface area contributed by atoms with Crippen LogP contribution in [0.25, 0.3) is 0 Å². The van der Waals surface area contributed by atoms with Gasteiger partial charge in [-0.25, -0.2) is 0 Å². The van der Waals surface area contributed by atoms with Crippen molar-refractivity contribution in [1.29, 1.82) is 0 Å². The molecule has 0 saturated carbocycles. The molecule has 2 rings (SSSR count).